The van der Waals surface area contributed by atoms with Crippen LogP contribution in [0.3, 0.4) is 0 Å². The smallest absolute Gasteiger partial charge is 0.184 e. The van der Waals surface area contributed by atoms with Crippen LogP contribution in [-0.4, -0.2) is 33.4 Å². The van der Waals surface area contributed by atoms with Crippen LogP contribution in [0.5, 0.6) is 0 Å². The third-order valence-electron chi connectivity index (χ3n) is 3.00. The maximum Gasteiger partial charge on any atom is 0.184 e. The molecule has 1 aromatic heterocycles. The third-order valence-corrected chi connectivity index (χ3v) is 3.00. The van der Waals surface area contributed by atoms with E-state index < -0.39 is 0 Å². The van der Waals surface area contributed by atoms with Crippen LogP contribution in [0.1, 0.15) is 12.5 Å². The summed E-state index contributed by atoms with van der Waals surface area (Å²) < 4.78 is 20.2. The summed E-state index contributed by atoms with van der Waals surface area (Å²) in [6.07, 6.45) is 0.841. The van der Waals surface area contributed by atoms with Crippen molar-refractivity contribution in [1.82, 2.24) is 20.2 Å². The molecule has 7 heteroatoms. The molecule has 2 aromatic rings. The van der Waals surface area contributed by atoms with Gasteiger partial charge in [0.2, 0.25) is 0 Å². The maximum absolute atomic E-state index is 13.3. The van der Waals surface area contributed by atoms with Gasteiger partial charge in [0.1, 0.15) is 5.82 Å². The minimum absolute atomic E-state index is 0.0812. The van der Waals surface area contributed by atoms with Gasteiger partial charge < -0.3 is 10.5 Å². The molecule has 1 fully saturated rings. The Morgan fingerprint density at radius 2 is 2.33 bits per heavy atom. The summed E-state index contributed by atoms with van der Waals surface area (Å²) in [7, 11) is 0. The van der Waals surface area contributed by atoms with Crippen molar-refractivity contribution < 1.29 is 9.13 Å². The van der Waals surface area contributed by atoms with E-state index in [0.717, 1.165) is 6.42 Å². The van der Waals surface area contributed by atoms with Crippen LogP contribution in [0.25, 0.3) is 11.4 Å². The highest BCUT2D eigenvalue weighted by molar-refractivity contribution is 5.71. The molecule has 18 heavy (non-hydrogen) atoms. The summed E-state index contributed by atoms with van der Waals surface area (Å²) in [5.41, 5.74) is 6.80. The molecular weight excluding hydrogens is 237 g/mol. The minimum Gasteiger partial charge on any atom is -0.398 e. The molecule has 1 aliphatic heterocycles. The van der Waals surface area contributed by atoms with Crippen molar-refractivity contribution in [2.75, 3.05) is 18.9 Å². The molecule has 0 bridgehead atoms. The van der Waals surface area contributed by atoms with Gasteiger partial charge in [-0.15, -0.1) is 5.10 Å². The number of halogens is 1. The van der Waals surface area contributed by atoms with E-state index in [4.69, 9.17) is 10.5 Å². The second-order valence-corrected chi connectivity index (χ2v) is 4.20. The van der Waals surface area contributed by atoms with E-state index in [2.05, 4.69) is 15.5 Å². The summed E-state index contributed by atoms with van der Waals surface area (Å²) in [5, 5.41) is 11.5. The van der Waals surface area contributed by atoms with Crippen LogP contribution >= 0.6 is 0 Å². The largest absolute Gasteiger partial charge is 0.398 e. The van der Waals surface area contributed by atoms with Crippen molar-refractivity contribution in [1.29, 1.82) is 0 Å². The third kappa shape index (κ3) is 1.82. The summed E-state index contributed by atoms with van der Waals surface area (Å²) in [6.45, 7) is 1.25. The monoisotopic (exact) mass is 249 g/mol. The standard InChI is InChI=1S/C11H12FN5O/c12-7-1-2-10(13)9(5-7)11-14-15-16-17(11)8-3-4-18-6-8/h1-2,5,8H,3-4,6,13H2. The molecule has 0 spiro atoms. The molecule has 2 heterocycles. The summed E-state index contributed by atoms with van der Waals surface area (Å²) in [5.74, 6) is 0.110. The average Bonchev–Trinajstić information content (AvgIpc) is 3.00. The first kappa shape index (κ1) is 11.1. The molecule has 0 saturated carbocycles. The highest BCUT2D eigenvalue weighted by atomic mass is 19.1. The molecule has 1 unspecified atom stereocenters. The molecule has 2 N–H and O–H groups in total. The highest BCUT2D eigenvalue weighted by Gasteiger charge is 2.23. The van der Waals surface area contributed by atoms with Crippen LogP contribution < -0.4 is 5.73 Å². The molecule has 6 nitrogen and oxygen atoms in total. The average molecular weight is 249 g/mol. The lowest BCUT2D eigenvalue weighted by atomic mass is 10.1. The van der Waals surface area contributed by atoms with Crippen molar-refractivity contribution in [3.63, 3.8) is 0 Å². The highest BCUT2D eigenvalue weighted by Crippen LogP contribution is 2.28. The van der Waals surface area contributed by atoms with Gasteiger partial charge in [0.25, 0.3) is 0 Å². The zero-order valence-electron chi connectivity index (χ0n) is 9.58. The Labute approximate surface area is 103 Å². The summed E-state index contributed by atoms with van der Waals surface area (Å²) >= 11 is 0. The van der Waals surface area contributed by atoms with Gasteiger partial charge in [-0.3, -0.25) is 0 Å². The second kappa shape index (κ2) is 4.34. The first-order valence-corrected chi connectivity index (χ1v) is 5.66. The van der Waals surface area contributed by atoms with E-state index in [1.807, 2.05) is 0 Å². The predicted octanol–water partition coefficient (Wildman–Crippen LogP) is 1.02. The Balaban J connectivity index is 2.06. The summed E-state index contributed by atoms with van der Waals surface area (Å²) in [4.78, 5) is 0. The first-order chi connectivity index (χ1) is 8.75. The molecule has 1 aliphatic rings. The van der Waals surface area contributed by atoms with Crippen LogP contribution in [0.4, 0.5) is 10.1 Å². The first-order valence-electron chi connectivity index (χ1n) is 5.66. The molecule has 3 rings (SSSR count). The number of rotatable bonds is 2. The zero-order chi connectivity index (χ0) is 12.5. The van der Waals surface area contributed by atoms with Gasteiger partial charge in [-0.2, -0.15) is 0 Å². The quantitative estimate of drug-likeness (QED) is 0.804. The van der Waals surface area contributed by atoms with Gasteiger partial charge in [-0.25, -0.2) is 9.07 Å². The zero-order valence-corrected chi connectivity index (χ0v) is 9.58. The normalized spacial score (nSPS) is 19.3. The van der Waals surface area contributed by atoms with Crippen molar-refractivity contribution in [2.45, 2.75) is 12.5 Å². The van der Waals surface area contributed by atoms with Gasteiger partial charge >= 0.3 is 0 Å². The SMILES string of the molecule is Nc1ccc(F)cc1-c1nnnn1C1CCOC1. The molecule has 1 atom stereocenters. The Morgan fingerprint density at radius 3 is 3.11 bits per heavy atom. The molecule has 0 amide bonds. The van der Waals surface area contributed by atoms with Gasteiger partial charge in [0.05, 0.1) is 12.6 Å². The molecule has 1 saturated heterocycles. The van der Waals surface area contributed by atoms with E-state index in [1.54, 1.807) is 4.68 Å². The van der Waals surface area contributed by atoms with Crippen molar-refractivity contribution in [3.05, 3.63) is 24.0 Å². The number of nitrogen functional groups attached to an aromatic ring is 1. The van der Waals surface area contributed by atoms with E-state index >= 15 is 0 Å². The van der Waals surface area contributed by atoms with Crippen LogP contribution in [-0.2, 0) is 4.74 Å². The number of nitrogens with zero attached hydrogens (tertiary/aromatic N) is 4. The topological polar surface area (TPSA) is 78.9 Å². The van der Waals surface area contributed by atoms with Crippen molar-refractivity contribution in [3.8, 4) is 11.4 Å². The van der Waals surface area contributed by atoms with Crippen molar-refractivity contribution >= 4 is 5.69 Å². The fourth-order valence-electron chi connectivity index (χ4n) is 2.05. The maximum atomic E-state index is 13.3. The fourth-order valence-corrected chi connectivity index (χ4v) is 2.05. The number of ether oxygens (including phenoxy) is 1. The van der Waals surface area contributed by atoms with E-state index in [0.29, 0.717) is 30.3 Å². The number of hydrogen-bond acceptors (Lipinski definition) is 5. The molecule has 0 radical (unpaired) electrons. The van der Waals surface area contributed by atoms with Crippen LogP contribution in [0.2, 0.25) is 0 Å². The molecule has 94 valence electrons. The van der Waals surface area contributed by atoms with Crippen LogP contribution in [0.15, 0.2) is 18.2 Å². The second-order valence-electron chi connectivity index (χ2n) is 4.20. The van der Waals surface area contributed by atoms with Gasteiger partial charge in [-0.05, 0) is 35.0 Å². The number of nitrogens with two attached hydrogens (primary N) is 1. The Hall–Kier alpha value is -2.02. The Morgan fingerprint density at radius 1 is 1.44 bits per heavy atom. The molecular formula is C11H12FN5O. The number of aromatic nitrogens is 4. The lowest BCUT2D eigenvalue weighted by molar-refractivity contribution is 0.184. The number of benzene rings is 1. The Bertz CT molecular complexity index is 564. The van der Waals surface area contributed by atoms with Gasteiger partial charge in [0, 0.05) is 17.9 Å². The number of tetrazole rings is 1. The fraction of sp³-hybridized carbons (Fsp3) is 0.364. The number of anilines is 1. The lowest BCUT2D eigenvalue weighted by Crippen LogP contribution is -2.12. The Kier molecular flexibility index (Phi) is 2.67. The van der Waals surface area contributed by atoms with Gasteiger partial charge in [0.15, 0.2) is 5.82 Å². The van der Waals surface area contributed by atoms with E-state index in [1.165, 1.54) is 18.2 Å². The van der Waals surface area contributed by atoms with Crippen LogP contribution in [0, 0.1) is 5.82 Å². The van der Waals surface area contributed by atoms with Gasteiger partial charge in [-0.1, -0.05) is 0 Å². The molecule has 1 aromatic carbocycles. The van der Waals surface area contributed by atoms with E-state index in [9.17, 15) is 4.39 Å². The van der Waals surface area contributed by atoms with E-state index in [-0.39, 0.29) is 11.9 Å². The van der Waals surface area contributed by atoms with Crippen molar-refractivity contribution in [2.24, 2.45) is 0 Å². The lowest BCUT2D eigenvalue weighted by Gasteiger charge is -2.11. The predicted molar refractivity (Wildman–Crippen MR) is 62.1 cm³/mol. The molecule has 0 aliphatic carbocycles. The number of hydrogen-bond donors (Lipinski definition) is 1. The minimum atomic E-state index is -0.364. The summed E-state index contributed by atoms with van der Waals surface area (Å²) in [6, 6.07) is 4.24.